The minimum atomic E-state index is -0.703. The molecule has 124 valence electrons. The Hall–Kier alpha value is -0.490. The normalized spacial score (nSPS) is 25.5. The first kappa shape index (κ1) is 18.6. The van der Waals surface area contributed by atoms with Crippen molar-refractivity contribution >= 4 is 5.78 Å². The predicted octanol–water partition coefficient (Wildman–Crippen LogP) is 1.74. The molecule has 0 aromatic heterocycles. The van der Waals surface area contributed by atoms with Crippen LogP contribution in [0.2, 0.25) is 0 Å². The molecule has 0 radical (unpaired) electrons. The molecule has 1 rings (SSSR count). The lowest BCUT2D eigenvalue weighted by molar-refractivity contribution is -0.132. The highest BCUT2D eigenvalue weighted by Gasteiger charge is 2.53. The highest BCUT2D eigenvalue weighted by Crippen LogP contribution is 2.39. The molecule has 5 heteroatoms. The molecular formula is C16H31NO4. The zero-order valence-electron chi connectivity index (χ0n) is 14.6. The fourth-order valence-corrected chi connectivity index (χ4v) is 3.10. The van der Waals surface area contributed by atoms with Crippen LogP contribution in [-0.4, -0.2) is 68.4 Å². The van der Waals surface area contributed by atoms with Crippen LogP contribution in [0.3, 0.4) is 0 Å². The minimum absolute atomic E-state index is 0.135. The molecule has 0 aromatic carbocycles. The number of Topliss-reactive ketones (excluding diaryl/α,β-unsaturated/α-hetero) is 1. The average Bonchev–Trinajstić information content (AvgIpc) is 2.51. The van der Waals surface area contributed by atoms with E-state index in [1.54, 1.807) is 14.2 Å². The van der Waals surface area contributed by atoms with Crippen LogP contribution in [0, 0.1) is 5.92 Å². The van der Waals surface area contributed by atoms with Crippen LogP contribution in [-0.2, 0) is 19.0 Å². The van der Waals surface area contributed by atoms with Crippen molar-refractivity contribution in [2.45, 2.75) is 51.9 Å². The van der Waals surface area contributed by atoms with Crippen LogP contribution in [0.15, 0.2) is 0 Å². The lowest BCUT2D eigenvalue weighted by Crippen LogP contribution is -2.47. The lowest BCUT2D eigenvalue weighted by atomic mass is 9.85. The van der Waals surface area contributed by atoms with Gasteiger partial charge < -0.3 is 14.2 Å². The highest BCUT2D eigenvalue weighted by molar-refractivity contribution is 5.91. The van der Waals surface area contributed by atoms with Crippen molar-refractivity contribution < 1.29 is 19.0 Å². The quantitative estimate of drug-likeness (QED) is 0.683. The fraction of sp³-hybridized carbons (Fsp3) is 0.938. The number of carbonyl (C=O) groups is 1. The Kier molecular flexibility index (Phi) is 6.35. The van der Waals surface area contributed by atoms with Gasteiger partial charge in [0.1, 0.15) is 5.60 Å². The maximum atomic E-state index is 12.6. The van der Waals surface area contributed by atoms with E-state index in [4.69, 9.17) is 14.2 Å². The number of ketones is 1. The summed E-state index contributed by atoms with van der Waals surface area (Å²) in [6.45, 7) is 12.5. The second-order valence-corrected chi connectivity index (χ2v) is 6.92. The van der Waals surface area contributed by atoms with E-state index in [1.807, 2.05) is 27.7 Å². The van der Waals surface area contributed by atoms with Gasteiger partial charge in [0.25, 0.3) is 0 Å². The average molecular weight is 301 g/mol. The minimum Gasteiger partial charge on any atom is -0.383 e. The summed E-state index contributed by atoms with van der Waals surface area (Å²) in [7, 11) is 3.39. The summed E-state index contributed by atoms with van der Waals surface area (Å²) in [5, 5.41) is 0. The monoisotopic (exact) mass is 301 g/mol. The molecule has 2 atom stereocenters. The summed E-state index contributed by atoms with van der Waals surface area (Å²) in [5.74, 6) is 0.0446. The number of methoxy groups -OCH3 is 2. The summed E-state index contributed by atoms with van der Waals surface area (Å²) in [5.41, 5.74) is -1.15. The summed E-state index contributed by atoms with van der Waals surface area (Å²) < 4.78 is 16.4. The smallest absolute Gasteiger partial charge is 0.171 e. The summed E-state index contributed by atoms with van der Waals surface area (Å²) in [6.07, 6.45) is 0. The molecule has 0 aromatic rings. The third-order valence-corrected chi connectivity index (χ3v) is 4.30. The third kappa shape index (κ3) is 4.49. The molecule has 1 heterocycles. The summed E-state index contributed by atoms with van der Waals surface area (Å²) >= 11 is 0. The Morgan fingerprint density at radius 2 is 1.86 bits per heavy atom. The Morgan fingerprint density at radius 3 is 2.29 bits per heavy atom. The molecule has 2 unspecified atom stereocenters. The maximum absolute atomic E-state index is 12.6. The first-order chi connectivity index (χ1) is 9.65. The maximum Gasteiger partial charge on any atom is 0.171 e. The van der Waals surface area contributed by atoms with E-state index < -0.39 is 11.2 Å². The van der Waals surface area contributed by atoms with E-state index in [0.717, 1.165) is 6.54 Å². The van der Waals surface area contributed by atoms with Gasteiger partial charge in [-0.25, -0.2) is 0 Å². The number of carbonyl (C=O) groups excluding carboxylic acids is 1. The Bertz CT molecular complexity index is 354. The van der Waals surface area contributed by atoms with Crippen molar-refractivity contribution in [3.63, 3.8) is 0 Å². The molecule has 5 nitrogen and oxygen atoms in total. The molecule has 0 amide bonds. The first-order valence-electron chi connectivity index (χ1n) is 7.62. The lowest BCUT2D eigenvalue weighted by Gasteiger charge is -2.34. The van der Waals surface area contributed by atoms with Crippen molar-refractivity contribution in [2.75, 3.05) is 40.5 Å². The molecule has 0 saturated carbocycles. The van der Waals surface area contributed by atoms with Gasteiger partial charge in [0.2, 0.25) is 0 Å². The second kappa shape index (κ2) is 7.18. The largest absolute Gasteiger partial charge is 0.383 e. The third-order valence-electron chi connectivity index (χ3n) is 4.30. The van der Waals surface area contributed by atoms with Crippen molar-refractivity contribution in [2.24, 2.45) is 5.92 Å². The Morgan fingerprint density at radius 1 is 1.24 bits per heavy atom. The zero-order valence-corrected chi connectivity index (χ0v) is 14.6. The van der Waals surface area contributed by atoms with Crippen molar-refractivity contribution in [1.29, 1.82) is 0 Å². The molecule has 0 bridgehead atoms. The molecule has 1 aliphatic heterocycles. The van der Waals surface area contributed by atoms with Crippen LogP contribution < -0.4 is 0 Å². The standard InChI is InChI=1S/C16H31NO4/c1-12(11-20-7)17(8-9-19-6)10-13-14(18)16(4,5)21-15(13,2)3/h12-13H,8-11H2,1-7H3. The molecular weight excluding hydrogens is 270 g/mol. The van der Waals surface area contributed by atoms with Gasteiger partial charge in [0.15, 0.2) is 5.78 Å². The van der Waals surface area contributed by atoms with E-state index in [0.29, 0.717) is 19.8 Å². The Labute approximate surface area is 128 Å². The number of hydrogen-bond acceptors (Lipinski definition) is 5. The van der Waals surface area contributed by atoms with Gasteiger partial charge in [-0.1, -0.05) is 0 Å². The van der Waals surface area contributed by atoms with Gasteiger partial charge in [-0.15, -0.1) is 0 Å². The predicted molar refractivity (Wildman–Crippen MR) is 82.5 cm³/mol. The molecule has 1 saturated heterocycles. The van der Waals surface area contributed by atoms with E-state index in [2.05, 4.69) is 11.8 Å². The molecule has 0 N–H and O–H groups in total. The molecule has 0 spiro atoms. The zero-order chi connectivity index (χ0) is 16.3. The second-order valence-electron chi connectivity index (χ2n) is 6.92. The van der Waals surface area contributed by atoms with Crippen molar-refractivity contribution in [1.82, 2.24) is 4.90 Å². The van der Waals surface area contributed by atoms with Crippen molar-refractivity contribution in [3.05, 3.63) is 0 Å². The number of rotatable bonds is 8. The van der Waals surface area contributed by atoms with Crippen molar-refractivity contribution in [3.8, 4) is 0 Å². The topological polar surface area (TPSA) is 48.0 Å². The molecule has 0 aliphatic carbocycles. The van der Waals surface area contributed by atoms with E-state index in [9.17, 15) is 4.79 Å². The number of ether oxygens (including phenoxy) is 3. The van der Waals surface area contributed by atoms with Gasteiger partial charge >= 0.3 is 0 Å². The summed E-state index contributed by atoms with van der Waals surface area (Å²) in [6, 6.07) is 0.234. The van der Waals surface area contributed by atoms with Crippen LogP contribution >= 0.6 is 0 Å². The van der Waals surface area contributed by atoms with Crippen LogP contribution in [0.4, 0.5) is 0 Å². The SMILES string of the molecule is COCCN(CC1C(=O)C(C)(C)OC1(C)C)C(C)COC. The van der Waals surface area contributed by atoms with E-state index in [-0.39, 0.29) is 17.7 Å². The van der Waals surface area contributed by atoms with E-state index >= 15 is 0 Å². The fourth-order valence-electron chi connectivity index (χ4n) is 3.10. The number of hydrogen-bond donors (Lipinski definition) is 0. The molecule has 1 aliphatic rings. The number of nitrogens with zero attached hydrogens (tertiary/aromatic N) is 1. The van der Waals surface area contributed by atoms with Gasteiger partial charge in [0, 0.05) is 33.4 Å². The summed E-state index contributed by atoms with van der Waals surface area (Å²) in [4.78, 5) is 14.9. The van der Waals surface area contributed by atoms with Crippen LogP contribution in [0.5, 0.6) is 0 Å². The Balaban J connectivity index is 2.83. The highest BCUT2D eigenvalue weighted by atomic mass is 16.5. The molecule has 1 fully saturated rings. The van der Waals surface area contributed by atoms with Gasteiger partial charge in [-0.3, -0.25) is 9.69 Å². The van der Waals surface area contributed by atoms with Gasteiger partial charge in [-0.2, -0.15) is 0 Å². The van der Waals surface area contributed by atoms with Crippen LogP contribution in [0.25, 0.3) is 0 Å². The van der Waals surface area contributed by atoms with Crippen LogP contribution in [0.1, 0.15) is 34.6 Å². The van der Waals surface area contributed by atoms with Gasteiger partial charge in [0.05, 0.1) is 24.7 Å². The first-order valence-corrected chi connectivity index (χ1v) is 7.62. The van der Waals surface area contributed by atoms with E-state index in [1.165, 1.54) is 0 Å². The molecule has 21 heavy (non-hydrogen) atoms. The van der Waals surface area contributed by atoms with Gasteiger partial charge in [-0.05, 0) is 34.6 Å².